The maximum Gasteiger partial charge on any atom is 0.344 e. The summed E-state index contributed by atoms with van der Waals surface area (Å²) < 4.78 is 12.2. The number of nitrogens with two attached hydrogens (primary N) is 1. The predicted molar refractivity (Wildman–Crippen MR) is 126 cm³/mol. The van der Waals surface area contributed by atoms with Crippen LogP contribution in [-0.2, 0) is 22.6 Å². The quantitative estimate of drug-likeness (QED) is 0.371. The number of ether oxygens (including phenoxy) is 2. The van der Waals surface area contributed by atoms with Crippen molar-refractivity contribution >= 4 is 40.1 Å². The van der Waals surface area contributed by atoms with Crippen molar-refractivity contribution in [2.75, 3.05) is 13.2 Å². The van der Waals surface area contributed by atoms with E-state index in [1.54, 1.807) is 42.2 Å². The van der Waals surface area contributed by atoms with Crippen LogP contribution in [0, 0.1) is 0 Å². The number of carbonyl (C=O) groups excluding carboxylic acids is 1. The number of hydrogen-bond acceptors (Lipinski definition) is 7. The lowest BCUT2D eigenvalue weighted by molar-refractivity contribution is -0.145. The van der Waals surface area contributed by atoms with Gasteiger partial charge in [-0.15, -0.1) is 0 Å². The third-order valence-corrected chi connectivity index (χ3v) is 5.56. The fourth-order valence-corrected chi connectivity index (χ4v) is 4.07. The van der Waals surface area contributed by atoms with Crippen LogP contribution in [0.25, 0.3) is 22.2 Å². The molecule has 0 unspecified atom stereocenters. The number of aromatic nitrogens is 4. The zero-order valence-corrected chi connectivity index (χ0v) is 19.3. The second-order valence-electron chi connectivity index (χ2n) is 7.11. The van der Waals surface area contributed by atoms with Crippen LogP contribution >= 0.6 is 23.2 Å². The predicted octanol–water partition coefficient (Wildman–Crippen LogP) is 4.25. The summed E-state index contributed by atoms with van der Waals surface area (Å²) in [6.45, 7) is 2.52. The number of benzene rings is 2. The Hall–Kier alpha value is -3.20. The average Bonchev–Trinajstić information content (AvgIpc) is 3.31. The molecule has 4 rings (SSSR count). The minimum absolute atomic E-state index is 0.193. The summed E-state index contributed by atoms with van der Waals surface area (Å²) in [7, 11) is 0. The average molecular weight is 486 g/mol. The van der Waals surface area contributed by atoms with E-state index in [1.165, 1.54) is 6.33 Å². The Morgan fingerprint density at radius 3 is 2.70 bits per heavy atom. The Kier molecular flexibility index (Phi) is 7.08. The molecule has 170 valence electrons. The first-order valence-electron chi connectivity index (χ1n) is 10.2. The minimum atomic E-state index is -0.440. The molecule has 33 heavy (non-hydrogen) atoms. The molecule has 0 aliphatic carbocycles. The van der Waals surface area contributed by atoms with Gasteiger partial charge in [-0.2, -0.15) is 5.10 Å². The van der Waals surface area contributed by atoms with Crippen LogP contribution in [0.4, 0.5) is 0 Å². The lowest BCUT2D eigenvalue weighted by Gasteiger charge is -2.18. The van der Waals surface area contributed by atoms with E-state index in [0.717, 1.165) is 16.5 Å². The molecule has 2 heterocycles. The van der Waals surface area contributed by atoms with Gasteiger partial charge < -0.3 is 15.2 Å². The normalized spacial score (nSPS) is 11.0. The van der Waals surface area contributed by atoms with Gasteiger partial charge in [0, 0.05) is 28.6 Å². The van der Waals surface area contributed by atoms with Gasteiger partial charge in [0.05, 0.1) is 29.4 Å². The summed E-state index contributed by atoms with van der Waals surface area (Å²) in [5.74, 6) is 0.0490. The van der Waals surface area contributed by atoms with Crippen molar-refractivity contribution in [2.45, 2.75) is 20.0 Å². The van der Waals surface area contributed by atoms with E-state index in [1.807, 2.05) is 12.1 Å². The zero-order chi connectivity index (χ0) is 23.4. The van der Waals surface area contributed by atoms with Gasteiger partial charge in [0.1, 0.15) is 18.4 Å². The summed E-state index contributed by atoms with van der Waals surface area (Å²) >= 11 is 12.6. The molecule has 0 saturated heterocycles. The third kappa shape index (κ3) is 5.08. The van der Waals surface area contributed by atoms with E-state index in [0.29, 0.717) is 45.7 Å². The molecule has 0 aliphatic rings. The number of carbonyl (C=O) groups is 1. The fourth-order valence-electron chi connectivity index (χ4n) is 3.57. The van der Waals surface area contributed by atoms with E-state index >= 15 is 0 Å². The Morgan fingerprint density at radius 1 is 1.15 bits per heavy atom. The van der Waals surface area contributed by atoms with Gasteiger partial charge in [-0.1, -0.05) is 23.2 Å². The summed E-state index contributed by atoms with van der Waals surface area (Å²) in [5.41, 5.74) is 9.98. The third-order valence-electron chi connectivity index (χ3n) is 5.02. The van der Waals surface area contributed by atoms with Crippen molar-refractivity contribution in [2.24, 2.45) is 5.73 Å². The number of pyridine rings is 1. The number of halogens is 2. The summed E-state index contributed by atoms with van der Waals surface area (Å²) in [6.07, 6.45) is 3.11. The smallest absolute Gasteiger partial charge is 0.344 e. The molecule has 0 amide bonds. The summed E-state index contributed by atoms with van der Waals surface area (Å²) in [4.78, 5) is 20.6. The van der Waals surface area contributed by atoms with Gasteiger partial charge in [-0.25, -0.2) is 19.4 Å². The molecule has 0 bridgehead atoms. The number of nitrogens with zero attached hydrogens (tertiary/aromatic N) is 4. The van der Waals surface area contributed by atoms with Gasteiger partial charge in [0.2, 0.25) is 0 Å². The molecular formula is C23H21Cl2N5O3. The number of hydrogen-bond donors (Lipinski definition) is 1. The first-order chi connectivity index (χ1) is 16.0. The van der Waals surface area contributed by atoms with Crippen LogP contribution in [0.5, 0.6) is 5.75 Å². The second kappa shape index (κ2) is 10.2. The monoisotopic (exact) mass is 485 g/mol. The maximum atomic E-state index is 11.7. The van der Waals surface area contributed by atoms with Gasteiger partial charge in [0.15, 0.2) is 6.61 Å². The second-order valence-corrected chi connectivity index (χ2v) is 7.96. The van der Waals surface area contributed by atoms with Gasteiger partial charge >= 0.3 is 5.97 Å². The van der Waals surface area contributed by atoms with Crippen molar-refractivity contribution in [3.05, 3.63) is 70.2 Å². The summed E-state index contributed by atoms with van der Waals surface area (Å²) in [5, 5.41) is 6.10. The van der Waals surface area contributed by atoms with E-state index in [2.05, 4.69) is 10.1 Å². The van der Waals surface area contributed by atoms with Crippen LogP contribution in [0.15, 0.2) is 49.1 Å². The fraction of sp³-hybridized carbons (Fsp3) is 0.217. The zero-order valence-electron chi connectivity index (χ0n) is 17.8. The molecule has 10 heteroatoms. The molecule has 0 radical (unpaired) electrons. The van der Waals surface area contributed by atoms with Crippen LogP contribution in [0.1, 0.15) is 18.1 Å². The minimum Gasteiger partial charge on any atom is -0.482 e. The number of esters is 1. The molecule has 0 saturated carbocycles. The van der Waals surface area contributed by atoms with Gasteiger partial charge in [-0.3, -0.25) is 0 Å². The first-order valence-corrected chi connectivity index (χ1v) is 11.0. The Labute approximate surface area is 200 Å². The summed E-state index contributed by atoms with van der Waals surface area (Å²) in [6, 6.07) is 10.7. The lowest BCUT2D eigenvalue weighted by Crippen LogP contribution is -2.14. The highest BCUT2D eigenvalue weighted by molar-refractivity contribution is 6.36. The first kappa shape index (κ1) is 23.0. The van der Waals surface area contributed by atoms with Crippen LogP contribution in [0.3, 0.4) is 0 Å². The highest BCUT2D eigenvalue weighted by Crippen LogP contribution is 2.36. The van der Waals surface area contributed by atoms with Crippen LogP contribution in [0.2, 0.25) is 10.0 Å². The number of rotatable bonds is 8. The highest BCUT2D eigenvalue weighted by atomic mass is 35.5. The molecule has 2 aromatic carbocycles. The molecular weight excluding hydrogens is 465 g/mol. The molecule has 0 atom stereocenters. The number of fused-ring (bicyclic) bond motifs is 1. The topological polar surface area (TPSA) is 105 Å². The largest absolute Gasteiger partial charge is 0.482 e. The van der Waals surface area contributed by atoms with E-state index in [9.17, 15) is 4.79 Å². The van der Waals surface area contributed by atoms with Crippen molar-refractivity contribution in [3.63, 3.8) is 0 Å². The lowest BCUT2D eigenvalue weighted by atomic mass is 9.96. The Bertz CT molecular complexity index is 1300. The molecule has 0 spiro atoms. The Balaban J connectivity index is 1.86. The van der Waals surface area contributed by atoms with Crippen molar-refractivity contribution in [1.82, 2.24) is 19.7 Å². The van der Waals surface area contributed by atoms with E-state index < -0.39 is 5.97 Å². The Morgan fingerprint density at radius 2 is 2.00 bits per heavy atom. The van der Waals surface area contributed by atoms with Gasteiger partial charge in [0.25, 0.3) is 0 Å². The standard InChI is InChI=1S/C23H21Cl2N5O3/c1-2-32-22(31)11-33-15-4-6-16-19(10-30-13-27-12-28-30)18(9-26)23(29-21(16)8-15)17-5-3-14(24)7-20(17)25/h3-8,12-13H,2,9-11,26H2,1H3. The molecule has 0 fully saturated rings. The van der Waals surface area contributed by atoms with Crippen molar-refractivity contribution in [1.29, 1.82) is 0 Å². The molecule has 0 aliphatic heterocycles. The maximum absolute atomic E-state index is 11.7. The van der Waals surface area contributed by atoms with Gasteiger partial charge in [-0.05, 0) is 48.4 Å². The molecule has 2 N–H and O–H groups in total. The SMILES string of the molecule is CCOC(=O)COc1ccc2c(Cn3cncn3)c(CN)c(-c3ccc(Cl)cc3Cl)nc2c1. The molecule has 4 aromatic rings. The highest BCUT2D eigenvalue weighted by Gasteiger charge is 2.19. The molecule has 8 nitrogen and oxygen atoms in total. The van der Waals surface area contributed by atoms with Crippen molar-refractivity contribution in [3.8, 4) is 17.0 Å². The van der Waals surface area contributed by atoms with Crippen LogP contribution < -0.4 is 10.5 Å². The van der Waals surface area contributed by atoms with Crippen molar-refractivity contribution < 1.29 is 14.3 Å². The molecule has 2 aromatic heterocycles. The van der Waals surface area contributed by atoms with E-state index in [-0.39, 0.29) is 13.2 Å². The van der Waals surface area contributed by atoms with E-state index in [4.69, 9.17) is 43.4 Å². The van der Waals surface area contributed by atoms with Crippen LogP contribution in [-0.4, -0.2) is 38.9 Å².